The molecule has 136 valence electrons. The first kappa shape index (κ1) is 16.1. The van der Waals surface area contributed by atoms with Gasteiger partial charge in [-0.25, -0.2) is 4.68 Å². The van der Waals surface area contributed by atoms with Crippen LogP contribution in [0.4, 0.5) is 0 Å². The van der Waals surface area contributed by atoms with Crippen molar-refractivity contribution in [2.75, 3.05) is 7.05 Å². The number of rotatable bonds is 4. The van der Waals surface area contributed by atoms with Crippen LogP contribution in [-0.2, 0) is 11.3 Å². The molecule has 0 aliphatic heterocycles. The highest BCUT2D eigenvalue weighted by Crippen LogP contribution is 2.56. The highest BCUT2D eigenvalue weighted by atomic mass is 16.2. The molecule has 0 radical (unpaired) electrons. The number of carbonyl (C=O) groups is 1. The van der Waals surface area contributed by atoms with Crippen molar-refractivity contribution in [2.45, 2.75) is 38.6 Å². The van der Waals surface area contributed by atoms with Crippen molar-refractivity contribution < 1.29 is 4.79 Å². The van der Waals surface area contributed by atoms with Crippen LogP contribution < -0.4 is 0 Å². The lowest BCUT2D eigenvalue weighted by Gasteiger charge is -2.54. The molecule has 6 rings (SSSR count). The van der Waals surface area contributed by atoms with Crippen molar-refractivity contribution in [3.05, 3.63) is 48.3 Å². The number of para-hydroxylation sites is 1. The Morgan fingerprint density at radius 1 is 1.08 bits per heavy atom. The zero-order chi connectivity index (χ0) is 17.7. The smallest absolute Gasteiger partial charge is 0.226 e. The molecule has 26 heavy (non-hydrogen) atoms. The summed E-state index contributed by atoms with van der Waals surface area (Å²) in [4.78, 5) is 15.2. The topological polar surface area (TPSA) is 38.1 Å². The normalized spacial score (nSPS) is 32.0. The number of nitrogens with zero attached hydrogens (tertiary/aromatic N) is 3. The van der Waals surface area contributed by atoms with E-state index in [0.29, 0.717) is 24.3 Å². The van der Waals surface area contributed by atoms with E-state index in [-0.39, 0.29) is 5.92 Å². The third-order valence-corrected chi connectivity index (χ3v) is 6.96. The molecule has 4 fully saturated rings. The maximum Gasteiger partial charge on any atom is 0.226 e. The lowest BCUT2D eigenvalue weighted by Crippen LogP contribution is -2.51. The predicted octanol–water partition coefficient (Wildman–Crippen LogP) is 3.90. The van der Waals surface area contributed by atoms with E-state index in [0.717, 1.165) is 23.1 Å². The molecule has 0 spiro atoms. The predicted molar refractivity (Wildman–Crippen MR) is 101 cm³/mol. The number of aromatic nitrogens is 2. The Morgan fingerprint density at radius 2 is 1.73 bits per heavy atom. The van der Waals surface area contributed by atoms with Gasteiger partial charge in [-0.1, -0.05) is 18.2 Å². The first-order valence-electron chi connectivity index (χ1n) is 10.0. The fraction of sp³-hybridized carbons (Fsp3) is 0.545. The summed E-state index contributed by atoms with van der Waals surface area (Å²) >= 11 is 0. The average Bonchev–Trinajstić information content (AvgIpc) is 3.10. The van der Waals surface area contributed by atoms with Gasteiger partial charge in [-0.15, -0.1) is 0 Å². The van der Waals surface area contributed by atoms with Gasteiger partial charge in [-0.2, -0.15) is 5.10 Å². The van der Waals surface area contributed by atoms with Gasteiger partial charge in [0.2, 0.25) is 5.91 Å². The van der Waals surface area contributed by atoms with Gasteiger partial charge in [0.05, 0.1) is 11.9 Å². The lowest BCUT2D eigenvalue weighted by molar-refractivity contribution is -0.148. The molecule has 2 aromatic rings. The Morgan fingerprint density at radius 3 is 2.38 bits per heavy atom. The number of hydrogen-bond donors (Lipinski definition) is 0. The van der Waals surface area contributed by atoms with Crippen LogP contribution in [0, 0.1) is 29.6 Å². The van der Waals surface area contributed by atoms with Crippen LogP contribution in [-0.4, -0.2) is 27.6 Å². The van der Waals surface area contributed by atoms with E-state index in [1.807, 2.05) is 59.4 Å². The molecular weight excluding hydrogens is 322 g/mol. The minimum absolute atomic E-state index is 0.275. The molecule has 1 aromatic carbocycles. The summed E-state index contributed by atoms with van der Waals surface area (Å²) in [5.41, 5.74) is 2.14. The number of benzene rings is 1. The zero-order valence-electron chi connectivity index (χ0n) is 15.4. The lowest BCUT2D eigenvalue weighted by atomic mass is 9.51. The molecule has 0 unspecified atom stereocenters. The van der Waals surface area contributed by atoms with Crippen LogP contribution in [0.25, 0.3) is 5.69 Å². The van der Waals surface area contributed by atoms with E-state index >= 15 is 0 Å². The molecule has 0 N–H and O–H groups in total. The second-order valence-electron chi connectivity index (χ2n) is 8.78. The third-order valence-electron chi connectivity index (χ3n) is 6.96. The minimum atomic E-state index is 0.275. The minimum Gasteiger partial charge on any atom is -0.341 e. The quantitative estimate of drug-likeness (QED) is 0.839. The summed E-state index contributed by atoms with van der Waals surface area (Å²) in [7, 11) is 1.97. The van der Waals surface area contributed by atoms with Crippen molar-refractivity contribution in [3.63, 3.8) is 0 Å². The molecule has 1 aromatic heterocycles. The van der Waals surface area contributed by atoms with E-state index in [1.165, 1.54) is 32.1 Å². The summed E-state index contributed by atoms with van der Waals surface area (Å²) in [6.45, 7) is 0.647. The van der Waals surface area contributed by atoms with Crippen LogP contribution in [0.1, 0.15) is 37.7 Å². The molecule has 4 heteroatoms. The largest absolute Gasteiger partial charge is 0.341 e. The van der Waals surface area contributed by atoms with E-state index < -0.39 is 0 Å². The van der Waals surface area contributed by atoms with E-state index in [9.17, 15) is 4.79 Å². The number of carbonyl (C=O) groups excluding carboxylic acids is 1. The van der Waals surface area contributed by atoms with Gasteiger partial charge in [-0.3, -0.25) is 4.79 Å². The van der Waals surface area contributed by atoms with Gasteiger partial charge in [0, 0.05) is 31.3 Å². The molecule has 0 saturated heterocycles. The van der Waals surface area contributed by atoms with Crippen molar-refractivity contribution in [1.82, 2.24) is 14.7 Å². The number of amides is 1. The highest BCUT2D eigenvalue weighted by molar-refractivity contribution is 5.79. The van der Waals surface area contributed by atoms with Crippen molar-refractivity contribution in [3.8, 4) is 5.69 Å². The van der Waals surface area contributed by atoms with Gasteiger partial charge in [0.15, 0.2) is 0 Å². The van der Waals surface area contributed by atoms with Gasteiger partial charge >= 0.3 is 0 Å². The SMILES string of the molecule is CN(Cc1cnn(-c2ccccc2)c1)C(=O)C1C2CC3CC(C2)CC1C3. The molecule has 4 aliphatic carbocycles. The van der Waals surface area contributed by atoms with Crippen LogP contribution in [0.15, 0.2) is 42.7 Å². The van der Waals surface area contributed by atoms with Gasteiger partial charge < -0.3 is 4.90 Å². The Kier molecular flexibility index (Phi) is 3.87. The molecule has 1 amide bonds. The first-order chi connectivity index (χ1) is 12.7. The van der Waals surface area contributed by atoms with Crippen molar-refractivity contribution in [2.24, 2.45) is 29.6 Å². The van der Waals surface area contributed by atoms with Crippen molar-refractivity contribution in [1.29, 1.82) is 0 Å². The zero-order valence-corrected chi connectivity index (χ0v) is 15.4. The van der Waals surface area contributed by atoms with E-state index in [1.54, 1.807) is 0 Å². The Hall–Kier alpha value is -2.10. The second-order valence-corrected chi connectivity index (χ2v) is 8.78. The average molecular weight is 349 g/mol. The Balaban J connectivity index is 1.28. The van der Waals surface area contributed by atoms with Crippen LogP contribution >= 0.6 is 0 Å². The first-order valence-corrected chi connectivity index (χ1v) is 10.0. The van der Waals surface area contributed by atoms with Crippen LogP contribution in [0.5, 0.6) is 0 Å². The maximum absolute atomic E-state index is 13.2. The number of hydrogen-bond acceptors (Lipinski definition) is 2. The Bertz CT molecular complexity index is 769. The van der Waals surface area contributed by atoms with Crippen molar-refractivity contribution >= 4 is 5.91 Å². The summed E-state index contributed by atoms with van der Waals surface area (Å²) in [5, 5.41) is 4.46. The Labute approximate surface area is 155 Å². The standard InChI is InChI=1S/C22H27N3O/c1-24(13-17-12-23-25(14-17)20-5-3-2-4-6-20)22(26)21-18-8-15-7-16(10-18)11-19(21)9-15/h2-6,12,14-16,18-19,21H,7-11,13H2,1H3. The molecule has 1 heterocycles. The summed E-state index contributed by atoms with van der Waals surface area (Å²) < 4.78 is 1.89. The summed E-state index contributed by atoms with van der Waals surface area (Å²) in [5.74, 6) is 3.76. The molecule has 4 nitrogen and oxygen atoms in total. The summed E-state index contributed by atoms with van der Waals surface area (Å²) in [6, 6.07) is 10.1. The molecule has 0 atom stereocenters. The second kappa shape index (κ2) is 6.26. The third kappa shape index (κ3) is 2.76. The molecule has 4 aliphatic rings. The van der Waals surface area contributed by atoms with Gasteiger partial charge in [-0.05, 0) is 67.9 Å². The molecular formula is C22H27N3O. The van der Waals surface area contributed by atoms with Gasteiger partial charge in [0.25, 0.3) is 0 Å². The maximum atomic E-state index is 13.2. The van der Waals surface area contributed by atoms with E-state index in [2.05, 4.69) is 5.10 Å². The van der Waals surface area contributed by atoms with Crippen LogP contribution in [0.2, 0.25) is 0 Å². The van der Waals surface area contributed by atoms with Crippen LogP contribution in [0.3, 0.4) is 0 Å². The highest BCUT2D eigenvalue weighted by Gasteiger charge is 2.51. The fourth-order valence-corrected chi connectivity index (χ4v) is 6.10. The molecule has 4 saturated carbocycles. The molecule has 4 bridgehead atoms. The summed E-state index contributed by atoms with van der Waals surface area (Å²) in [6.07, 6.45) is 10.5. The van der Waals surface area contributed by atoms with Gasteiger partial charge in [0.1, 0.15) is 0 Å². The van der Waals surface area contributed by atoms with E-state index in [4.69, 9.17) is 0 Å². The fourth-order valence-electron chi connectivity index (χ4n) is 6.10. The monoisotopic (exact) mass is 349 g/mol.